The second-order valence-electron chi connectivity index (χ2n) is 7.32. The van der Waals surface area contributed by atoms with Crippen LogP contribution in [0.4, 0.5) is 0 Å². The molecule has 2 aromatic carbocycles. The fraction of sp³-hybridized carbons (Fsp3) is 0.154. The highest BCUT2D eigenvalue weighted by Gasteiger charge is 2.00. The number of hydrogen-bond donors (Lipinski definition) is 2. The number of nitrogens with zero attached hydrogens (tertiary/aromatic N) is 2. The number of nitrogens with one attached hydrogen (secondary N) is 2. The van der Waals surface area contributed by atoms with Crippen LogP contribution < -0.4 is 10.6 Å². The predicted octanol–water partition coefficient (Wildman–Crippen LogP) is 4.72. The molecular weight excluding hydrogens is 368 g/mol. The van der Waals surface area contributed by atoms with Crippen molar-refractivity contribution in [3.63, 3.8) is 0 Å². The van der Waals surface area contributed by atoms with Crippen molar-refractivity contribution in [2.75, 3.05) is 0 Å². The molecule has 0 aliphatic carbocycles. The summed E-state index contributed by atoms with van der Waals surface area (Å²) in [4.78, 5) is 8.29. The van der Waals surface area contributed by atoms with Crippen LogP contribution in [0.25, 0.3) is 11.1 Å². The molecule has 0 fully saturated rings. The first-order valence-corrected chi connectivity index (χ1v) is 10.2. The van der Waals surface area contributed by atoms with Crippen molar-refractivity contribution >= 4 is 0 Å². The lowest BCUT2D eigenvalue weighted by atomic mass is 10.0. The summed E-state index contributed by atoms with van der Waals surface area (Å²) in [6.45, 7) is 3.34. The second-order valence-corrected chi connectivity index (χ2v) is 7.32. The summed E-state index contributed by atoms with van der Waals surface area (Å²) < 4.78 is 0. The molecule has 4 rings (SSSR count). The van der Waals surface area contributed by atoms with Crippen molar-refractivity contribution < 1.29 is 0 Å². The Morgan fingerprint density at radius 1 is 0.467 bits per heavy atom. The van der Waals surface area contributed by atoms with Crippen LogP contribution in [0.3, 0.4) is 0 Å². The number of benzene rings is 2. The van der Waals surface area contributed by atoms with Gasteiger partial charge in [0.1, 0.15) is 0 Å². The van der Waals surface area contributed by atoms with Gasteiger partial charge in [0.15, 0.2) is 0 Å². The van der Waals surface area contributed by atoms with Gasteiger partial charge in [-0.05, 0) is 45.5 Å². The molecule has 4 nitrogen and oxygen atoms in total. The normalized spacial score (nSPS) is 10.8. The molecule has 0 unspecified atom stereocenters. The van der Waals surface area contributed by atoms with Gasteiger partial charge in [0.05, 0.1) is 0 Å². The molecule has 0 atom stereocenters. The molecule has 0 amide bonds. The minimum absolute atomic E-state index is 0.825. The zero-order valence-electron chi connectivity index (χ0n) is 17.0. The van der Waals surface area contributed by atoms with Crippen molar-refractivity contribution in [2.24, 2.45) is 0 Å². The van der Waals surface area contributed by atoms with Crippen molar-refractivity contribution in [1.82, 2.24) is 20.6 Å². The van der Waals surface area contributed by atoms with Gasteiger partial charge in [0.2, 0.25) is 0 Å². The molecule has 150 valence electrons. The van der Waals surface area contributed by atoms with Gasteiger partial charge in [-0.15, -0.1) is 0 Å². The number of hydrogen-bond acceptors (Lipinski definition) is 4. The van der Waals surface area contributed by atoms with E-state index in [2.05, 4.69) is 81.3 Å². The summed E-state index contributed by atoms with van der Waals surface area (Å²) >= 11 is 0. The van der Waals surface area contributed by atoms with E-state index >= 15 is 0 Å². The average molecular weight is 395 g/mol. The molecule has 0 saturated carbocycles. The Balaban J connectivity index is 1.26. The summed E-state index contributed by atoms with van der Waals surface area (Å²) in [6.07, 6.45) is 7.39. The smallest absolute Gasteiger partial charge is 0.0312 e. The summed E-state index contributed by atoms with van der Waals surface area (Å²) in [7, 11) is 0. The SMILES string of the molecule is c1cncc(CNCc2ccc(-c3ccc(CNCc4cccnc4)cc3)cc2)c1. The molecule has 2 aromatic heterocycles. The molecule has 0 bridgehead atoms. The van der Waals surface area contributed by atoms with E-state index in [0.717, 1.165) is 26.2 Å². The van der Waals surface area contributed by atoms with E-state index in [1.165, 1.54) is 33.4 Å². The topological polar surface area (TPSA) is 49.8 Å². The molecule has 0 saturated heterocycles. The van der Waals surface area contributed by atoms with Crippen LogP contribution in [0.2, 0.25) is 0 Å². The van der Waals surface area contributed by atoms with E-state index in [9.17, 15) is 0 Å². The van der Waals surface area contributed by atoms with E-state index in [1.807, 2.05) is 24.5 Å². The zero-order chi connectivity index (χ0) is 20.4. The lowest BCUT2D eigenvalue weighted by Gasteiger charge is -2.08. The van der Waals surface area contributed by atoms with Gasteiger partial charge in [0, 0.05) is 51.0 Å². The van der Waals surface area contributed by atoms with Crippen LogP contribution in [-0.4, -0.2) is 9.97 Å². The molecule has 0 aliphatic rings. The second kappa shape index (κ2) is 10.4. The van der Waals surface area contributed by atoms with Crippen molar-refractivity contribution in [3.8, 4) is 11.1 Å². The minimum atomic E-state index is 0.825. The van der Waals surface area contributed by atoms with Crippen LogP contribution in [0, 0.1) is 0 Å². The van der Waals surface area contributed by atoms with Crippen molar-refractivity contribution in [2.45, 2.75) is 26.2 Å². The first-order chi connectivity index (χ1) is 14.9. The van der Waals surface area contributed by atoms with Gasteiger partial charge in [0.25, 0.3) is 0 Å². The van der Waals surface area contributed by atoms with Crippen LogP contribution in [0.1, 0.15) is 22.3 Å². The third kappa shape index (κ3) is 5.83. The third-order valence-electron chi connectivity index (χ3n) is 5.00. The summed E-state index contributed by atoms with van der Waals surface area (Å²) in [5, 5.41) is 6.93. The summed E-state index contributed by atoms with van der Waals surface area (Å²) in [6, 6.07) is 25.6. The van der Waals surface area contributed by atoms with Gasteiger partial charge in [-0.1, -0.05) is 60.7 Å². The Hall–Kier alpha value is -3.34. The average Bonchev–Trinajstić information content (AvgIpc) is 2.82. The van der Waals surface area contributed by atoms with Crippen LogP contribution >= 0.6 is 0 Å². The molecular formula is C26H26N4. The highest BCUT2D eigenvalue weighted by Crippen LogP contribution is 2.20. The van der Waals surface area contributed by atoms with E-state index in [4.69, 9.17) is 0 Å². The number of pyridine rings is 2. The van der Waals surface area contributed by atoms with E-state index < -0.39 is 0 Å². The Morgan fingerprint density at radius 2 is 0.867 bits per heavy atom. The largest absolute Gasteiger partial charge is 0.309 e. The zero-order valence-corrected chi connectivity index (χ0v) is 17.0. The van der Waals surface area contributed by atoms with Crippen molar-refractivity contribution in [3.05, 3.63) is 120 Å². The maximum Gasteiger partial charge on any atom is 0.0312 e. The molecule has 0 spiro atoms. The van der Waals surface area contributed by atoms with E-state index in [-0.39, 0.29) is 0 Å². The fourth-order valence-electron chi connectivity index (χ4n) is 3.34. The molecule has 2 heterocycles. The van der Waals surface area contributed by atoms with Crippen molar-refractivity contribution in [1.29, 1.82) is 0 Å². The van der Waals surface area contributed by atoms with Crippen LogP contribution in [0.5, 0.6) is 0 Å². The van der Waals surface area contributed by atoms with Gasteiger partial charge in [-0.3, -0.25) is 9.97 Å². The van der Waals surface area contributed by atoms with Gasteiger partial charge < -0.3 is 10.6 Å². The molecule has 0 aliphatic heterocycles. The quantitative estimate of drug-likeness (QED) is 0.431. The maximum atomic E-state index is 4.15. The summed E-state index contributed by atoms with van der Waals surface area (Å²) in [5.74, 6) is 0. The van der Waals surface area contributed by atoms with Gasteiger partial charge >= 0.3 is 0 Å². The first-order valence-electron chi connectivity index (χ1n) is 10.2. The Bertz CT molecular complexity index is 927. The minimum Gasteiger partial charge on any atom is -0.309 e. The number of aromatic nitrogens is 2. The van der Waals surface area contributed by atoms with Gasteiger partial charge in [-0.25, -0.2) is 0 Å². The lowest BCUT2D eigenvalue weighted by molar-refractivity contribution is 0.691. The first kappa shape index (κ1) is 20.0. The molecule has 4 aromatic rings. The third-order valence-corrected chi connectivity index (χ3v) is 5.00. The van der Waals surface area contributed by atoms with E-state index in [1.54, 1.807) is 12.4 Å². The molecule has 0 radical (unpaired) electrons. The van der Waals surface area contributed by atoms with E-state index in [0.29, 0.717) is 0 Å². The Morgan fingerprint density at radius 3 is 1.23 bits per heavy atom. The highest BCUT2D eigenvalue weighted by molar-refractivity contribution is 5.63. The lowest BCUT2D eigenvalue weighted by Crippen LogP contribution is -2.12. The molecule has 30 heavy (non-hydrogen) atoms. The fourth-order valence-corrected chi connectivity index (χ4v) is 3.34. The predicted molar refractivity (Wildman–Crippen MR) is 121 cm³/mol. The number of rotatable bonds is 9. The monoisotopic (exact) mass is 394 g/mol. The Kier molecular flexibility index (Phi) is 6.94. The Labute approximate surface area is 178 Å². The summed E-state index contributed by atoms with van der Waals surface area (Å²) in [5.41, 5.74) is 7.42. The van der Waals surface area contributed by atoms with Crippen LogP contribution in [0.15, 0.2) is 97.6 Å². The standard InChI is InChI=1S/C26H26N4/c1-3-23(17-27-13-1)19-29-15-21-5-9-25(10-6-21)26-11-7-22(8-12-26)16-30-20-24-4-2-14-28-18-24/h1-14,17-18,29-30H,15-16,19-20H2. The molecule has 4 heteroatoms. The van der Waals surface area contributed by atoms with Crippen LogP contribution in [-0.2, 0) is 26.2 Å². The molecule has 2 N–H and O–H groups in total. The highest BCUT2D eigenvalue weighted by atomic mass is 14.9. The maximum absolute atomic E-state index is 4.15. The van der Waals surface area contributed by atoms with Gasteiger partial charge in [-0.2, -0.15) is 0 Å².